The molecule has 0 unspecified atom stereocenters. The number of hydrogen-bond donors (Lipinski definition) is 1. The highest BCUT2D eigenvalue weighted by Crippen LogP contribution is 2.17. The highest BCUT2D eigenvalue weighted by atomic mass is 16.5. The molecule has 2 heterocycles. The average molecular weight is 317 g/mol. The zero-order chi connectivity index (χ0) is 16.1. The van der Waals surface area contributed by atoms with E-state index in [1.54, 1.807) is 7.11 Å². The van der Waals surface area contributed by atoms with Crippen molar-refractivity contribution in [1.82, 2.24) is 15.1 Å². The molecule has 0 saturated carbocycles. The fraction of sp³-hybridized carbons (Fsp3) is 0.611. The third kappa shape index (κ3) is 4.24. The van der Waals surface area contributed by atoms with Gasteiger partial charge in [0.05, 0.1) is 7.11 Å². The minimum Gasteiger partial charge on any atom is -0.497 e. The van der Waals surface area contributed by atoms with Crippen molar-refractivity contribution in [2.75, 3.05) is 52.9 Å². The molecule has 0 spiro atoms. The summed E-state index contributed by atoms with van der Waals surface area (Å²) in [6.45, 7) is 7.10. The molecular weight excluding hydrogens is 290 g/mol. The van der Waals surface area contributed by atoms with Gasteiger partial charge >= 0.3 is 0 Å². The Kier molecular flexibility index (Phi) is 5.51. The number of hydrogen-bond acceptors (Lipinski definition) is 4. The summed E-state index contributed by atoms with van der Waals surface area (Å²) in [7, 11) is 1.63. The Morgan fingerprint density at radius 1 is 1.22 bits per heavy atom. The first-order valence-electron chi connectivity index (χ1n) is 8.62. The van der Waals surface area contributed by atoms with Gasteiger partial charge in [-0.15, -0.1) is 0 Å². The van der Waals surface area contributed by atoms with Gasteiger partial charge < -0.3 is 15.0 Å². The normalized spacial score (nSPS) is 20.5. The maximum Gasteiger partial charge on any atom is 0.254 e. The predicted molar refractivity (Wildman–Crippen MR) is 90.9 cm³/mol. The van der Waals surface area contributed by atoms with Gasteiger partial charge in [0, 0.05) is 38.3 Å². The second-order valence-corrected chi connectivity index (χ2v) is 6.52. The molecule has 0 aromatic heterocycles. The van der Waals surface area contributed by atoms with Crippen LogP contribution in [0.25, 0.3) is 0 Å². The van der Waals surface area contributed by atoms with Crippen LogP contribution in [0.5, 0.6) is 5.75 Å². The summed E-state index contributed by atoms with van der Waals surface area (Å²) >= 11 is 0. The molecule has 1 amide bonds. The number of piperidine rings is 1. The zero-order valence-electron chi connectivity index (χ0n) is 14.0. The summed E-state index contributed by atoms with van der Waals surface area (Å²) in [5, 5.41) is 3.42. The van der Waals surface area contributed by atoms with Gasteiger partial charge in [-0.3, -0.25) is 9.69 Å². The molecule has 2 fully saturated rings. The van der Waals surface area contributed by atoms with Gasteiger partial charge in [0.2, 0.25) is 0 Å². The van der Waals surface area contributed by atoms with Gasteiger partial charge in [-0.25, -0.2) is 0 Å². The monoisotopic (exact) mass is 317 g/mol. The Balaban J connectivity index is 1.50. The molecule has 2 aliphatic heterocycles. The smallest absolute Gasteiger partial charge is 0.254 e. The van der Waals surface area contributed by atoms with Gasteiger partial charge in [-0.1, -0.05) is 6.07 Å². The van der Waals surface area contributed by atoms with E-state index in [1.807, 2.05) is 29.2 Å². The van der Waals surface area contributed by atoms with Crippen molar-refractivity contribution < 1.29 is 9.53 Å². The Labute approximate surface area is 138 Å². The van der Waals surface area contributed by atoms with Crippen molar-refractivity contribution in [3.8, 4) is 5.75 Å². The summed E-state index contributed by atoms with van der Waals surface area (Å²) in [6, 6.07) is 7.43. The molecule has 1 N–H and O–H groups in total. The van der Waals surface area contributed by atoms with Gasteiger partial charge in [-0.2, -0.15) is 0 Å². The largest absolute Gasteiger partial charge is 0.497 e. The molecular formula is C18H27N3O2. The SMILES string of the molecule is COc1cccc(C(=O)N2CCN(CC3CCNCC3)CC2)c1. The Hall–Kier alpha value is -1.59. The summed E-state index contributed by atoms with van der Waals surface area (Å²) < 4.78 is 5.21. The Bertz CT molecular complexity index is 521. The van der Waals surface area contributed by atoms with E-state index in [0.717, 1.165) is 56.5 Å². The lowest BCUT2D eigenvalue weighted by atomic mass is 9.97. The second-order valence-electron chi connectivity index (χ2n) is 6.52. The van der Waals surface area contributed by atoms with Crippen LogP contribution in [0.15, 0.2) is 24.3 Å². The molecule has 0 bridgehead atoms. The number of carbonyl (C=O) groups excluding carboxylic acids is 1. The minimum absolute atomic E-state index is 0.116. The number of nitrogens with one attached hydrogen (secondary N) is 1. The lowest BCUT2D eigenvalue weighted by Crippen LogP contribution is -2.50. The van der Waals surface area contributed by atoms with E-state index < -0.39 is 0 Å². The maximum atomic E-state index is 12.6. The lowest BCUT2D eigenvalue weighted by Gasteiger charge is -2.37. The van der Waals surface area contributed by atoms with Crippen LogP contribution in [0, 0.1) is 5.92 Å². The first-order chi connectivity index (χ1) is 11.3. The summed E-state index contributed by atoms with van der Waals surface area (Å²) in [4.78, 5) is 17.1. The molecule has 0 atom stereocenters. The van der Waals surface area contributed by atoms with E-state index in [9.17, 15) is 4.79 Å². The van der Waals surface area contributed by atoms with Crippen LogP contribution in [0.4, 0.5) is 0 Å². The summed E-state index contributed by atoms with van der Waals surface area (Å²) in [5.41, 5.74) is 0.719. The molecule has 1 aromatic carbocycles. The third-order valence-electron chi connectivity index (χ3n) is 4.95. The van der Waals surface area contributed by atoms with Gasteiger partial charge in [0.1, 0.15) is 5.75 Å². The van der Waals surface area contributed by atoms with Crippen LogP contribution in [-0.2, 0) is 0 Å². The number of ether oxygens (including phenoxy) is 1. The summed E-state index contributed by atoms with van der Waals surface area (Å²) in [6.07, 6.45) is 2.56. The van der Waals surface area contributed by atoms with Crippen molar-refractivity contribution in [3.63, 3.8) is 0 Å². The average Bonchev–Trinajstić information content (AvgIpc) is 2.63. The number of nitrogens with zero attached hydrogens (tertiary/aromatic N) is 2. The maximum absolute atomic E-state index is 12.6. The highest BCUT2D eigenvalue weighted by molar-refractivity contribution is 5.94. The van der Waals surface area contributed by atoms with Crippen LogP contribution >= 0.6 is 0 Å². The standard InChI is InChI=1S/C18H27N3O2/c1-23-17-4-2-3-16(13-17)18(22)21-11-9-20(10-12-21)14-15-5-7-19-8-6-15/h2-4,13,15,19H,5-12,14H2,1H3. The van der Waals surface area contributed by atoms with E-state index in [2.05, 4.69) is 10.2 Å². The molecule has 5 nitrogen and oxygen atoms in total. The van der Waals surface area contributed by atoms with E-state index in [0.29, 0.717) is 0 Å². The molecule has 5 heteroatoms. The molecule has 2 saturated heterocycles. The number of amides is 1. The molecule has 23 heavy (non-hydrogen) atoms. The molecule has 3 rings (SSSR count). The topological polar surface area (TPSA) is 44.8 Å². The molecule has 2 aliphatic rings. The first kappa shape index (κ1) is 16.3. The van der Waals surface area contributed by atoms with Crippen molar-refractivity contribution >= 4 is 5.91 Å². The molecule has 0 aliphatic carbocycles. The second kappa shape index (κ2) is 7.79. The third-order valence-corrected chi connectivity index (χ3v) is 4.95. The van der Waals surface area contributed by atoms with Crippen molar-refractivity contribution in [2.24, 2.45) is 5.92 Å². The van der Waals surface area contributed by atoms with Gasteiger partial charge in [0.25, 0.3) is 5.91 Å². The van der Waals surface area contributed by atoms with E-state index >= 15 is 0 Å². The van der Waals surface area contributed by atoms with Crippen molar-refractivity contribution in [2.45, 2.75) is 12.8 Å². The summed E-state index contributed by atoms with van der Waals surface area (Å²) in [5.74, 6) is 1.67. The van der Waals surface area contributed by atoms with E-state index in [4.69, 9.17) is 4.74 Å². The van der Waals surface area contributed by atoms with E-state index in [-0.39, 0.29) is 5.91 Å². The molecule has 0 radical (unpaired) electrons. The number of rotatable bonds is 4. The highest BCUT2D eigenvalue weighted by Gasteiger charge is 2.24. The molecule has 126 valence electrons. The first-order valence-corrected chi connectivity index (χ1v) is 8.62. The van der Waals surface area contributed by atoms with Crippen molar-refractivity contribution in [1.29, 1.82) is 0 Å². The van der Waals surface area contributed by atoms with Gasteiger partial charge in [-0.05, 0) is 50.0 Å². The van der Waals surface area contributed by atoms with Crippen molar-refractivity contribution in [3.05, 3.63) is 29.8 Å². The van der Waals surface area contributed by atoms with Crippen LogP contribution < -0.4 is 10.1 Å². The van der Waals surface area contributed by atoms with Crippen LogP contribution in [0.1, 0.15) is 23.2 Å². The van der Waals surface area contributed by atoms with Gasteiger partial charge in [0.15, 0.2) is 0 Å². The Morgan fingerprint density at radius 2 is 1.96 bits per heavy atom. The fourth-order valence-corrected chi connectivity index (χ4v) is 3.50. The fourth-order valence-electron chi connectivity index (χ4n) is 3.50. The lowest BCUT2D eigenvalue weighted by molar-refractivity contribution is 0.0608. The zero-order valence-corrected chi connectivity index (χ0v) is 14.0. The minimum atomic E-state index is 0.116. The predicted octanol–water partition coefficient (Wildman–Crippen LogP) is 1.45. The number of carbonyl (C=O) groups is 1. The Morgan fingerprint density at radius 3 is 2.65 bits per heavy atom. The number of methoxy groups -OCH3 is 1. The van der Waals surface area contributed by atoms with Crippen LogP contribution in [0.2, 0.25) is 0 Å². The number of benzene rings is 1. The molecule has 1 aromatic rings. The van der Waals surface area contributed by atoms with Crippen LogP contribution in [-0.4, -0.2) is 68.6 Å². The quantitative estimate of drug-likeness (QED) is 0.913. The number of piperazine rings is 1. The van der Waals surface area contributed by atoms with Crippen LogP contribution in [0.3, 0.4) is 0 Å². The van der Waals surface area contributed by atoms with E-state index in [1.165, 1.54) is 19.4 Å².